The molecule has 1 fully saturated rings. The maximum atomic E-state index is 12.2. The number of hydrogen-bond donors (Lipinski definition) is 2. The van der Waals surface area contributed by atoms with Gasteiger partial charge in [-0.25, -0.2) is 4.99 Å². The van der Waals surface area contributed by atoms with E-state index in [0.717, 1.165) is 67.4 Å². The maximum Gasteiger partial charge on any atom is 0.191 e. The van der Waals surface area contributed by atoms with Crippen LogP contribution in [0.2, 0.25) is 0 Å². The number of ether oxygens (including phenoxy) is 2. The van der Waals surface area contributed by atoms with E-state index in [0.29, 0.717) is 31.1 Å². The summed E-state index contributed by atoms with van der Waals surface area (Å²) in [6.45, 7) is 6.84. The van der Waals surface area contributed by atoms with Gasteiger partial charge in [0.1, 0.15) is 0 Å². The standard InChI is InChI=1S/C21H33N3O3S.HI/c1-3-22-21(24-17-7-5-8-18(14-17)28(25)4-2)23-15-16-9-10-19-20(13-16)27-12-6-11-26-19;/h9-10,13,17-18H,3-8,11-12,14-15H2,1-2H3,(H2,22,23,24);1H. The summed E-state index contributed by atoms with van der Waals surface area (Å²) in [5.74, 6) is 3.19. The third kappa shape index (κ3) is 7.31. The van der Waals surface area contributed by atoms with Gasteiger partial charge in [0, 0.05) is 40.8 Å². The Morgan fingerprint density at radius 3 is 2.72 bits per heavy atom. The summed E-state index contributed by atoms with van der Waals surface area (Å²) >= 11 is 0. The summed E-state index contributed by atoms with van der Waals surface area (Å²) in [6, 6.07) is 6.37. The van der Waals surface area contributed by atoms with Gasteiger partial charge in [0.25, 0.3) is 0 Å². The van der Waals surface area contributed by atoms with Crippen molar-refractivity contribution < 1.29 is 13.7 Å². The van der Waals surface area contributed by atoms with E-state index < -0.39 is 10.8 Å². The number of nitrogens with one attached hydrogen (secondary N) is 2. The lowest BCUT2D eigenvalue weighted by atomic mass is 9.95. The zero-order valence-electron chi connectivity index (χ0n) is 17.4. The first kappa shape index (κ1) is 24.2. The van der Waals surface area contributed by atoms with Crippen LogP contribution < -0.4 is 20.1 Å². The molecule has 0 spiro atoms. The van der Waals surface area contributed by atoms with Gasteiger partial charge in [0.15, 0.2) is 17.5 Å². The lowest BCUT2D eigenvalue weighted by Gasteiger charge is -2.30. The number of aliphatic imine (C=N–C) groups is 1. The quantitative estimate of drug-likeness (QED) is 0.331. The molecule has 3 rings (SSSR count). The molecule has 0 aromatic heterocycles. The number of rotatable bonds is 6. The highest BCUT2D eigenvalue weighted by Gasteiger charge is 2.26. The second-order valence-electron chi connectivity index (χ2n) is 7.33. The summed E-state index contributed by atoms with van der Waals surface area (Å²) in [6.07, 6.45) is 5.15. The van der Waals surface area contributed by atoms with Crippen LogP contribution in [0.1, 0.15) is 51.5 Å². The van der Waals surface area contributed by atoms with Crippen LogP contribution in [0, 0.1) is 0 Å². The third-order valence-corrected chi connectivity index (χ3v) is 6.94. The molecule has 0 bridgehead atoms. The molecule has 1 aromatic carbocycles. The topological polar surface area (TPSA) is 72.0 Å². The average Bonchev–Trinajstić information content (AvgIpc) is 2.96. The fraction of sp³-hybridized carbons (Fsp3) is 0.667. The molecule has 8 heteroatoms. The van der Waals surface area contributed by atoms with Gasteiger partial charge in [0.05, 0.1) is 19.8 Å². The largest absolute Gasteiger partial charge is 0.490 e. The molecule has 1 saturated carbocycles. The van der Waals surface area contributed by atoms with E-state index in [1.807, 2.05) is 25.1 Å². The Hall–Kier alpha value is -1.03. The van der Waals surface area contributed by atoms with Crippen molar-refractivity contribution >= 4 is 40.7 Å². The van der Waals surface area contributed by atoms with Crippen LogP contribution in [-0.4, -0.2) is 47.0 Å². The predicted molar refractivity (Wildman–Crippen MR) is 130 cm³/mol. The van der Waals surface area contributed by atoms with Crippen molar-refractivity contribution in [1.82, 2.24) is 10.6 Å². The molecule has 3 atom stereocenters. The minimum absolute atomic E-state index is 0. The highest BCUT2D eigenvalue weighted by molar-refractivity contribution is 14.0. The first-order valence-electron chi connectivity index (χ1n) is 10.5. The first-order valence-corrected chi connectivity index (χ1v) is 11.9. The Balaban J connectivity index is 0.00000300. The summed E-state index contributed by atoms with van der Waals surface area (Å²) in [7, 11) is -0.715. The van der Waals surface area contributed by atoms with Gasteiger partial charge in [-0.3, -0.25) is 4.21 Å². The molecule has 3 unspecified atom stereocenters. The number of benzene rings is 1. The molecule has 6 nitrogen and oxygen atoms in total. The zero-order valence-corrected chi connectivity index (χ0v) is 20.6. The molecule has 1 aliphatic heterocycles. The van der Waals surface area contributed by atoms with Crippen LogP contribution >= 0.6 is 24.0 Å². The van der Waals surface area contributed by atoms with Crippen LogP contribution in [0.4, 0.5) is 0 Å². The normalized spacial score (nSPS) is 22.8. The van der Waals surface area contributed by atoms with Crippen molar-refractivity contribution in [3.63, 3.8) is 0 Å². The van der Waals surface area contributed by atoms with E-state index in [1.54, 1.807) is 0 Å². The lowest BCUT2D eigenvalue weighted by molar-refractivity contribution is 0.297. The van der Waals surface area contributed by atoms with Gasteiger partial charge in [-0.2, -0.15) is 0 Å². The SMILES string of the molecule is CCNC(=NCc1ccc2c(c1)OCCCO2)NC1CCCC(S(=O)CC)C1.I. The number of nitrogens with zero attached hydrogens (tertiary/aromatic N) is 1. The molecule has 164 valence electrons. The summed E-state index contributed by atoms with van der Waals surface area (Å²) in [5, 5.41) is 7.20. The minimum Gasteiger partial charge on any atom is -0.490 e. The van der Waals surface area contributed by atoms with Crippen molar-refractivity contribution in [3.8, 4) is 11.5 Å². The number of fused-ring (bicyclic) bond motifs is 1. The average molecular weight is 535 g/mol. The zero-order chi connectivity index (χ0) is 19.8. The fourth-order valence-electron chi connectivity index (χ4n) is 3.74. The Morgan fingerprint density at radius 2 is 1.97 bits per heavy atom. The second kappa shape index (κ2) is 12.6. The van der Waals surface area contributed by atoms with Crippen LogP contribution in [0.15, 0.2) is 23.2 Å². The second-order valence-corrected chi connectivity index (χ2v) is 9.33. The molecule has 1 heterocycles. The van der Waals surface area contributed by atoms with E-state index in [4.69, 9.17) is 14.5 Å². The van der Waals surface area contributed by atoms with Crippen LogP contribution in [0.3, 0.4) is 0 Å². The van der Waals surface area contributed by atoms with Gasteiger partial charge < -0.3 is 20.1 Å². The molecule has 2 aliphatic rings. The molecular formula is C21H34IN3O3S. The highest BCUT2D eigenvalue weighted by atomic mass is 127. The first-order chi connectivity index (χ1) is 13.7. The van der Waals surface area contributed by atoms with E-state index in [1.165, 1.54) is 0 Å². The van der Waals surface area contributed by atoms with Crippen molar-refractivity contribution in [1.29, 1.82) is 0 Å². The summed E-state index contributed by atoms with van der Waals surface area (Å²) in [5.41, 5.74) is 1.09. The minimum atomic E-state index is -0.715. The third-order valence-electron chi connectivity index (χ3n) is 5.20. The van der Waals surface area contributed by atoms with Crippen molar-refractivity contribution in [3.05, 3.63) is 23.8 Å². The van der Waals surface area contributed by atoms with E-state index >= 15 is 0 Å². The van der Waals surface area contributed by atoms with Gasteiger partial charge in [-0.15, -0.1) is 24.0 Å². The van der Waals surface area contributed by atoms with Crippen LogP contribution in [0.5, 0.6) is 11.5 Å². The smallest absolute Gasteiger partial charge is 0.191 e. The van der Waals surface area contributed by atoms with Crippen molar-refractivity contribution in [2.75, 3.05) is 25.5 Å². The number of halogens is 1. The Morgan fingerprint density at radius 1 is 1.17 bits per heavy atom. The molecule has 0 amide bonds. The molecule has 2 N–H and O–H groups in total. The highest BCUT2D eigenvalue weighted by Crippen LogP contribution is 2.30. The monoisotopic (exact) mass is 535 g/mol. The van der Waals surface area contributed by atoms with E-state index in [2.05, 4.69) is 17.6 Å². The maximum absolute atomic E-state index is 12.2. The van der Waals surface area contributed by atoms with Crippen molar-refractivity contribution in [2.24, 2.45) is 4.99 Å². The number of guanidine groups is 1. The van der Waals surface area contributed by atoms with Gasteiger partial charge in [0.2, 0.25) is 0 Å². The van der Waals surface area contributed by atoms with Crippen LogP contribution in [-0.2, 0) is 17.3 Å². The van der Waals surface area contributed by atoms with Gasteiger partial charge >= 0.3 is 0 Å². The molecular weight excluding hydrogens is 501 g/mol. The van der Waals surface area contributed by atoms with E-state index in [-0.39, 0.29) is 24.0 Å². The molecule has 0 radical (unpaired) electrons. The summed E-state index contributed by atoms with van der Waals surface area (Å²) < 4.78 is 23.7. The summed E-state index contributed by atoms with van der Waals surface area (Å²) in [4.78, 5) is 4.76. The predicted octanol–water partition coefficient (Wildman–Crippen LogP) is 3.60. The molecule has 0 saturated heterocycles. The molecule has 1 aliphatic carbocycles. The lowest BCUT2D eigenvalue weighted by Crippen LogP contribution is -2.46. The molecule has 29 heavy (non-hydrogen) atoms. The van der Waals surface area contributed by atoms with Crippen molar-refractivity contribution in [2.45, 2.75) is 63.8 Å². The Kier molecular flexibility index (Phi) is 10.5. The van der Waals surface area contributed by atoms with E-state index in [9.17, 15) is 4.21 Å². The number of hydrogen-bond acceptors (Lipinski definition) is 4. The Labute approximate surface area is 194 Å². The Bertz CT molecular complexity index is 702. The fourth-order valence-corrected chi connectivity index (χ4v) is 5.09. The molecule has 1 aromatic rings. The van der Waals surface area contributed by atoms with Crippen LogP contribution in [0.25, 0.3) is 0 Å². The van der Waals surface area contributed by atoms with Gasteiger partial charge in [-0.05, 0) is 43.9 Å². The van der Waals surface area contributed by atoms with Gasteiger partial charge in [-0.1, -0.05) is 19.4 Å².